The molecular weight excluding hydrogens is 136 g/mol. The SMILES string of the molecule is CN(O)CCCCN(O)O. The van der Waals surface area contributed by atoms with Crippen LogP contribution in [0.3, 0.4) is 0 Å². The van der Waals surface area contributed by atoms with E-state index in [0.29, 0.717) is 13.0 Å². The average Bonchev–Trinajstić information content (AvgIpc) is 1.79. The second-order valence-corrected chi connectivity index (χ2v) is 2.18. The molecule has 0 atom stereocenters. The van der Waals surface area contributed by atoms with Crippen molar-refractivity contribution in [3.8, 4) is 0 Å². The quantitative estimate of drug-likeness (QED) is 0.385. The van der Waals surface area contributed by atoms with Gasteiger partial charge in [-0.1, -0.05) is 5.23 Å². The van der Waals surface area contributed by atoms with Gasteiger partial charge in [0.25, 0.3) is 0 Å². The number of unbranched alkanes of at least 4 members (excludes halogenated alkanes) is 1. The maximum Gasteiger partial charge on any atom is 0.0513 e. The molecule has 0 aromatic heterocycles. The van der Waals surface area contributed by atoms with Gasteiger partial charge in [-0.15, -0.1) is 0 Å². The first-order valence-electron chi connectivity index (χ1n) is 3.18. The van der Waals surface area contributed by atoms with Crippen molar-refractivity contribution in [2.45, 2.75) is 12.8 Å². The monoisotopic (exact) mass is 150 g/mol. The van der Waals surface area contributed by atoms with Crippen LogP contribution in [0.15, 0.2) is 0 Å². The maximum absolute atomic E-state index is 8.61. The van der Waals surface area contributed by atoms with Crippen LogP contribution >= 0.6 is 0 Å². The van der Waals surface area contributed by atoms with Gasteiger partial charge in [0, 0.05) is 13.6 Å². The summed E-state index contributed by atoms with van der Waals surface area (Å²) in [7, 11) is 1.55. The van der Waals surface area contributed by atoms with Crippen molar-refractivity contribution < 1.29 is 15.6 Å². The summed E-state index contributed by atoms with van der Waals surface area (Å²) in [5.74, 6) is 0. The zero-order chi connectivity index (χ0) is 7.98. The van der Waals surface area contributed by atoms with Crippen molar-refractivity contribution >= 4 is 0 Å². The van der Waals surface area contributed by atoms with Crippen molar-refractivity contribution in [2.24, 2.45) is 0 Å². The lowest BCUT2D eigenvalue weighted by Crippen LogP contribution is -2.18. The summed E-state index contributed by atoms with van der Waals surface area (Å²) in [4.78, 5) is 0. The molecule has 0 aliphatic carbocycles. The Bertz CT molecular complexity index is 67.3. The second kappa shape index (κ2) is 5.57. The van der Waals surface area contributed by atoms with Gasteiger partial charge in [0.05, 0.1) is 6.54 Å². The molecule has 5 nitrogen and oxygen atoms in total. The highest BCUT2D eigenvalue weighted by atomic mass is 16.8. The van der Waals surface area contributed by atoms with E-state index in [2.05, 4.69) is 0 Å². The molecule has 0 spiro atoms. The van der Waals surface area contributed by atoms with E-state index >= 15 is 0 Å². The average molecular weight is 150 g/mol. The Morgan fingerprint density at radius 2 is 1.50 bits per heavy atom. The predicted molar refractivity (Wildman–Crippen MR) is 33.9 cm³/mol. The molecule has 0 aromatic rings. The van der Waals surface area contributed by atoms with Gasteiger partial charge >= 0.3 is 0 Å². The summed E-state index contributed by atoms with van der Waals surface area (Å²) < 4.78 is 0. The summed E-state index contributed by atoms with van der Waals surface area (Å²) in [5, 5.41) is 26.3. The molecule has 0 aliphatic heterocycles. The largest absolute Gasteiger partial charge is 0.314 e. The fourth-order valence-corrected chi connectivity index (χ4v) is 0.594. The molecule has 0 amide bonds. The molecule has 0 aromatic carbocycles. The van der Waals surface area contributed by atoms with Crippen LogP contribution in [0.5, 0.6) is 0 Å². The van der Waals surface area contributed by atoms with Crippen LogP contribution in [-0.2, 0) is 0 Å². The van der Waals surface area contributed by atoms with Gasteiger partial charge in [-0.3, -0.25) is 10.4 Å². The molecule has 3 N–H and O–H groups in total. The van der Waals surface area contributed by atoms with Crippen LogP contribution in [0.2, 0.25) is 0 Å². The predicted octanol–water partition coefficient (Wildman–Crippen LogP) is 0.168. The normalized spacial score (nSPS) is 11.4. The first-order chi connectivity index (χ1) is 4.63. The zero-order valence-electron chi connectivity index (χ0n) is 6.06. The fourth-order valence-electron chi connectivity index (χ4n) is 0.594. The van der Waals surface area contributed by atoms with Gasteiger partial charge < -0.3 is 5.21 Å². The third kappa shape index (κ3) is 7.80. The van der Waals surface area contributed by atoms with Gasteiger partial charge in [-0.2, -0.15) is 5.06 Å². The molecular formula is C5H14N2O3. The van der Waals surface area contributed by atoms with Gasteiger partial charge in [0.2, 0.25) is 0 Å². The Kier molecular flexibility index (Phi) is 5.46. The fraction of sp³-hybridized carbons (Fsp3) is 1.00. The van der Waals surface area contributed by atoms with Crippen LogP contribution < -0.4 is 0 Å². The highest BCUT2D eigenvalue weighted by molar-refractivity contribution is 4.41. The van der Waals surface area contributed by atoms with E-state index in [9.17, 15) is 0 Å². The lowest BCUT2D eigenvalue weighted by Gasteiger charge is -2.08. The minimum atomic E-state index is 0.150. The Labute approximate surface area is 60.0 Å². The number of nitrogens with zero attached hydrogens (tertiary/aromatic N) is 2. The smallest absolute Gasteiger partial charge is 0.0513 e. The molecule has 0 aliphatic rings. The molecule has 0 rings (SSSR count). The summed E-state index contributed by atoms with van der Waals surface area (Å²) >= 11 is 0. The number of hydrogen-bond donors (Lipinski definition) is 3. The molecule has 0 heterocycles. The Morgan fingerprint density at radius 3 is 1.90 bits per heavy atom. The van der Waals surface area contributed by atoms with E-state index in [1.807, 2.05) is 0 Å². The molecule has 0 saturated heterocycles. The molecule has 62 valence electrons. The summed E-state index contributed by atoms with van der Waals surface area (Å²) in [6.45, 7) is 0.766. The highest BCUT2D eigenvalue weighted by Crippen LogP contribution is 1.90. The molecule has 0 radical (unpaired) electrons. The Morgan fingerprint density at radius 1 is 1.00 bits per heavy atom. The Hall–Kier alpha value is -0.200. The zero-order valence-corrected chi connectivity index (χ0v) is 6.06. The van der Waals surface area contributed by atoms with E-state index in [0.717, 1.165) is 11.5 Å². The lowest BCUT2D eigenvalue weighted by atomic mass is 10.3. The van der Waals surface area contributed by atoms with E-state index in [4.69, 9.17) is 15.6 Å². The third-order valence-electron chi connectivity index (χ3n) is 1.09. The van der Waals surface area contributed by atoms with Crippen molar-refractivity contribution in [3.05, 3.63) is 0 Å². The first-order valence-corrected chi connectivity index (χ1v) is 3.18. The molecule has 0 bridgehead atoms. The van der Waals surface area contributed by atoms with Crippen molar-refractivity contribution in [2.75, 3.05) is 20.1 Å². The van der Waals surface area contributed by atoms with E-state index in [1.165, 1.54) is 0 Å². The van der Waals surface area contributed by atoms with Crippen LogP contribution in [-0.4, -0.2) is 46.0 Å². The molecule has 10 heavy (non-hydrogen) atoms. The second-order valence-electron chi connectivity index (χ2n) is 2.18. The maximum atomic E-state index is 8.61. The van der Waals surface area contributed by atoms with E-state index < -0.39 is 0 Å². The number of rotatable bonds is 5. The summed E-state index contributed by atoms with van der Waals surface area (Å²) in [6.07, 6.45) is 1.39. The molecule has 0 unspecified atom stereocenters. The standard InChI is InChI=1S/C5H14N2O3/c1-6(8)4-2-3-5-7(9)10/h8-10H,2-5H2,1H3. The number of hydroxylamine groups is 4. The van der Waals surface area contributed by atoms with Gasteiger partial charge in [0.15, 0.2) is 0 Å². The van der Waals surface area contributed by atoms with Gasteiger partial charge in [0.1, 0.15) is 0 Å². The van der Waals surface area contributed by atoms with E-state index in [1.54, 1.807) is 7.05 Å². The summed E-state index contributed by atoms with van der Waals surface area (Å²) in [5.41, 5.74) is 0. The van der Waals surface area contributed by atoms with Crippen molar-refractivity contribution in [1.29, 1.82) is 0 Å². The van der Waals surface area contributed by atoms with Crippen LogP contribution in [0.4, 0.5) is 0 Å². The third-order valence-corrected chi connectivity index (χ3v) is 1.09. The van der Waals surface area contributed by atoms with Crippen LogP contribution in [0.25, 0.3) is 0 Å². The topological polar surface area (TPSA) is 67.2 Å². The van der Waals surface area contributed by atoms with Crippen molar-refractivity contribution in [1.82, 2.24) is 10.3 Å². The van der Waals surface area contributed by atoms with Crippen molar-refractivity contribution in [3.63, 3.8) is 0 Å². The van der Waals surface area contributed by atoms with Gasteiger partial charge in [-0.25, -0.2) is 0 Å². The summed E-state index contributed by atoms with van der Waals surface area (Å²) in [6, 6.07) is 0. The van der Waals surface area contributed by atoms with E-state index in [-0.39, 0.29) is 11.8 Å². The molecule has 0 fully saturated rings. The first kappa shape index (κ1) is 9.80. The minimum Gasteiger partial charge on any atom is -0.314 e. The Balaban J connectivity index is 2.91. The minimum absolute atomic E-state index is 0.150. The van der Waals surface area contributed by atoms with Gasteiger partial charge in [-0.05, 0) is 12.8 Å². The molecule has 0 saturated carbocycles. The lowest BCUT2D eigenvalue weighted by molar-refractivity contribution is -0.307. The number of hydrogen-bond acceptors (Lipinski definition) is 5. The van der Waals surface area contributed by atoms with Crippen LogP contribution in [0.1, 0.15) is 12.8 Å². The molecule has 5 heteroatoms. The highest BCUT2D eigenvalue weighted by Gasteiger charge is 1.95. The van der Waals surface area contributed by atoms with Crippen LogP contribution in [0, 0.1) is 0 Å².